The normalized spacial score (nSPS) is 16.4. The highest BCUT2D eigenvalue weighted by molar-refractivity contribution is 7.78. The highest BCUT2D eigenvalue weighted by Crippen LogP contribution is 2.54. The van der Waals surface area contributed by atoms with E-state index >= 15 is 0 Å². The van der Waals surface area contributed by atoms with Crippen molar-refractivity contribution < 1.29 is 14.0 Å². The van der Waals surface area contributed by atoms with Crippen LogP contribution in [0, 0.1) is 0 Å². The second-order valence-corrected chi connectivity index (χ2v) is 9.14. The molecule has 0 saturated heterocycles. The zero-order valence-corrected chi connectivity index (χ0v) is 12.3. The lowest BCUT2D eigenvalue weighted by Gasteiger charge is -2.11. The fraction of sp³-hybridized carbons (Fsp3) is 0.143. The van der Waals surface area contributed by atoms with Gasteiger partial charge < -0.3 is 4.89 Å². The van der Waals surface area contributed by atoms with Crippen LogP contribution in [0.3, 0.4) is 0 Å². The van der Waals surface area contributed by atoms with E-state index in [1.807, 2.05) is 6.07 Å². The number of benzene rings is 2. The Kier molecular flexibility index (Phi) is 4.31. The van der Waals surface area contributed by atoms with Crippen LogP contribution in [0.25, 0.3) is 0 Å². The first-order chi connectivity index (χ1) is 9.03. The van der Waals surface area contributed by atoms with E-state index < -0.39 is 20.6 Å². The Labute approximate surface area is 113 Å². The van der Waals surface area contributed by atoms with Crippen molar-refractivity contribution in [1.29, 1.82) is 0 Å². The molecule has 0 amide bonds. The molecule has 2 aromatic carbocycles. The molecule has 2 aromatic rings. The topological polar surface area (TPSA) is 54.4 Å². The average Bonchev–Trinajstić information content (AvgIpc) is 2.47. The van der Waals surface area contributed by atoms with Crippen molar-refractivity contribution in [1.82, 2.24) is 0 Å². The number of hydrogen-bond acceptors (Lipinski definition) is 2. The maximum absolute atomic E-state index is 12.5. The second kappa shape index (κ2) is 5.79. The highest BCUT2D eigenvalue weighted by atomic mass is 31.2. The molecular weight excluding hydrogens is 278 g/mol. The molecule has 0 aliphatic carbocycles. The standard InChI is InChI=1S/C14H14O3P2/c1-12(18(15)13-8-4-2-5-9-13)19(16,17)14-10-6-3-7-11-14/h2-12H,1H3/p+1. The second-order valence-electron chi connectivity index (χ2n) is 4.25. The fourth-order valence-corrected chi connectivity index (χ4v) is 5.66. The van der Waals surface area contributed by atoms with Gasteiger partial charge in [-0.1, -0.05) is 41.0 Å². The van der Waals surface area contributed by atoms with Gasteiger partial charge in [-0.3, -0.25) is 4.57 Å². The molecule has 0 bridgehead atoms. The third-order valence-electron chi connectivity index (χ3n) is 2.98. The molecular formula is C14H15O3P2+. The van der Waals surface area contributed by atoms with Crippen LogP contribution in [0.15, 0.2) is 60.7 Å². The lowest BCUT2D eigenvalue weighted by Crippen LogP contribution is -2.14. The fourth-order valence-electron chi connectivity index (χ4n) is 1.79. The van der Waals surface area contributed by atoms with Gasteiger partial charge in [-0.25, -0.2) is 0 Å². The third kappa shape index (κ3) is 3.01. The van der Waals surface area contributed by atoms with Crippen molar-refractivity contribution >= 4 is 25.8 Å². The molecule has 0 radical (unpaired) electrons. The van der Waals surface area contributed by atoms with Gasteiger partial charge >= 0.3 is 7.80 Å². The Morgan fingerprint density at radius 3 is 2.00 bits per heavy atom. The smallest absolute Gasteiger partial charge is 0.338 e. The average molecular weight is 293 g/mol. The summed E-state index contributed by atoms with van der Waals surface area (Å²) in [4.78, 5) is 10.3. The van der Waals surface area contributed by atoms with Gasteiger partial charge in [-0.2, -0.15) is 0 Å². The molecule has 0 saturated carbocycles. The Bertz CT molecular complexity index is 611. The molecule has 3 nitrogen and oxygen atoms in total. The van der Waals surface area contributed by atoms with Crippen LogP contribution in [0.2, 0.25) is 0 Å². The van der Waals surface area contributed by atoms with Crippen molar-refractivity contribution in [2.75, 3.05) is 0 Å². The summed E-state index contributed by atoms with van der Waals surface area (Å²) < 4.78 is 24.9. The maximum atomic E-state index is 12.5. The Hall–Kier alpha value is -1.27. The van der Waals surface area contributed by atoms with Gasteiger partial charge in [0.05, 0.1) is 0 Å². The SMILES string of the molecule is CC([P+](=O)c1ccccc1)P(=O)(O)c1ccccc1. The van der Waals surface area contributed by atoms with E-state index in [0.717, 1.165) is 0 Å². The lowest BCUT2D eigenvalue weighted by molar-refractivity contribution is 0.486. The summed E-state index contributed by atoms with van der Waals surface area (Å²) in [6, 6.07) is 17.2. The van der Waals surface area contributed by atoms with Crippen molar-refractivity contribution in [3.05, 3.63) is 60.7 Å². The van der Waals surface area contributed by atoms with Crippen molar-refractivity contribution in [2.45, 2.75) is 12.3 Å². The summed E-state index contributed by atoms with van der Waals surface area (Å²) >= 11 is 0. The Morgan fingerprint density at radius 2 is 1.47 bits per heavy atom. The molecule has 0 aliphatic heterocycles. The Morgan fingerprint density at radius 1 is 1.00 bits per heavy atom. The summed E-state index contributed by atoms with van der Waals surface area (Å²) in [5, 5.41) is 0.157. The number of rotatable bonds is 4. The zero-order chi connectivity index (χ0) is 13.9. The van der Waals surface area contributed by atoms with Crippen molar-refractivity contribution in [3.63, 3.8) is 0 Å². The van der Waals surface area contributed by atoms with E-state index in [1.165, 1.54) is 0 Å². The van der Waals surface area contributed by atoms with E-state index in [2.05, 4.69) is 0 Å². The van der Waals surface area contributed by atoms with Gasteiger partial charge in [0.15, 0.2) is 5.30 Å². The molecule has 98 valence electrons. The van der Waals surface area contributed by atoms with E-state index in [9.17, 15) is 14.0 Å². The zero-order valence-electron chi connectivity index (χ0n) is 10.5. The minimum Gasteiger partial charge on any atom is -0.338 e. The van der Waals surface area contributed by atoms with Crippen molar-refractivity contribution in [3.8, 4) is 0 Å². The van der Waals surface area contributed by atoms with E-state index in [-0.39, 0.29) is 0 Å². The van der Waals surface area contributed by atoms with Gasteiger partial charge in [0.2, 0.25) is 5.40 Å². The summed E-state index contributed by atoms with van der Waals surface area (Å²) in [7, 11) is -5.55. The van der Waals surface area contributed by atoms with E-state index in [1.54, 1.807) is 61.5 Å². The Balaban J connectivity index is 2.32. The first kappa shape index (κ1) is 14.1. The lowest BCUT2D eigenvalue weighted by atomic mass is 10.4. The summed E-state index contributed by atoms with van der Waals surface area (Å²) in [5.74, 6) is 0. The molecule has 0 aliphatic rings. The maximum Gasteiger partial charge on any atom is 0.390 e. The highest BCUT2D eigenvalue weighted by Gasteiger charge is 2.44. The first-order valence-corrected chi connectivity index (χ1v) is 8.98. The van der Waals surface area contributed by atoms with Gasteiger partial charge in [-0.05, 0) is 31.2 Å². The molecule has 5 heteroatoms. The minimum atomic E-state index is -3.64. The number of hydrogen-bond donors (Lipinski definition) is 1. The summed E-state index contributed by atoms with van der Waals surface area (Å²) in [6.45, 7) is 1.57. The molecule has 1 N–H and O–H groups in total. The molecule has 2 rings (SSSR count). The van der Waals surface area contributed by atoms with Crippen LogP contribution in [-0.4, -0.2) is 10.3 Å². The summed E-state index contributed by atoms with van der Waals surface area (Å²) in [5.41, 5.74) is 0. The largest absolute Gasteiger partial charge is 0.390 e. The first-order valence-electron chi connectivity index (χ1n) is 5.93. The summed E-state index contributed by atoms with van der Waals surface area (Å²) in [6.07, 6.45) is 0. The van der Waals surface area contributed by atoms with Crippen LogP contribution in [0.4, 0.5) is 0 Å². The van der Waals surface area contributed by atoms with Crippen LogP contribution < -0.4 is 10.6 Å². The van der Waals surface area contributed by atoms with Crippen LogP contribution in [0.5, 0.6) is 0 Å². The van der Waals surface area contributed by atoms with Crippen LogP contribution in [-0.2, 0) is 9.13 Å². The molecule has 3 atom stereocenters. The van der Waals surface area contributed by atoms with Crippen LogP contribution >= 0.6 is 15.2 Å². The third-order valence-corrected chi connectivity index (χ3v) is 8.09. The monoisotopic (exact) mass is 293 g/mol. The minimum absolute atomic E-state index is 0.349. The molecule has 0 spiro atoms. The van der Waals surface area contributed by atoms with Gasteiger partial charge in [-0.15, -0.1) is 0 Å². The molecule has 3 unspecified atom stereocenters. The van der Waals surface area contributed by atoms with E-state index in [0.29, 0.717) is 10.6 Å². The molecule has 19 heavy (non-hydrogen) atoms. The molecule has 0 fully saturated rings. The van der Waals surface area contributed by atoms with Gasteiger partial charge in [0, 0.05) is 5.30 Å². The predicted octanol–water partition coefficient (Wildman–Crippen LogP) is 3.08. The van der Waals surface area contributed by atoms with Crippen molar-refractivity contribution in [2.24, 2.45) is 0 Å². The van der Waals surface area contributed by atoms with E-state index in [4.69, 9.17) is 0 Å². The van der Waals surface area contributed by atoms with Gasteiger partial charge in [0.25, 0.3) is 7.37 Å². The quantitative estimate of drug-likeness (QED) is 0.881. The molecule has 0 heterocycles. The van der Waals surface area contributed by atoms with Gasteiger partial charge in [0.1, 0.15) is 0 Å². The predicted molar refractivity (Wildman–Crippen MR) is 79.0 cm³/mol. The molecule has 0 aromatic heterocycles. The van der Waals surface area contributed by atoms with Crippen LogP contribution in [0.1, 0.15) is 6.92 Å².